The highest BCUT2D eigenvalue weighted by Gasteiger charge is 2.35. The van der Waals surface area contributed by atoms with Gasteiger partial charge >= 0.3 is 0 Å². The minimum absolute atomic E-state index is 0.156. The Kier molecular flexibility index (Phi) is 6.41. The Morgan fingerprint density at radius 3 is 2.19 bits per heavy atom. The fourth-order valence-corrected chi connectivity index (χ4v) is 4.69. The van der Waals surface area contributed by atoms with Gasteiger partial charge in [-0.3, -0.25) is 14.5 Å². The average Bonchev–Trinajstić information content (AvgIpc) is 3.22. The standard InChI is InChI=1S/C30H25N3O3/c1-31-27(35)18-15-22(19-34)33-26-14-8-13-23-25(17-16-24(28(23)26)30(33)36)32-29(20-9-4-2-5-10-20)21-11-6-3-7-12-21/h2-14,16-17,19,22H,15,18H2,1H3,(H,31,35). The van der Waals surface area contributed by atoms with Gasteiger partial charge in [0.15, 0.2) is 0 Å². The predicted molar refractivity (Wildman–Crippen MR) is 142 cm³/mol. The number of carbonyl (C=O) groups is 3. The summed E-state index contributed by atoms with van der Waals surface area (Å²) in [5, 5.41) is 4.17. The maximum absolute atomic E-state index is 13.4. The number of nitrogens with one attached hydrogen (secondary N) is 1. The summed E-state index contributed by atoms with van der Waals surface area (Å²) in [5.41, 5.74) is 4.74. The van der Waals surface area contributed by atoms with E-state index in [0.717, 1.165) is 39.6 Å². The molecule has 1 atom stereocenters. The summed E-state index contributed by atoms with van der Waals surface area (Å²) in [6, 6.07) is 28.5. The highest BCUT2D eigenvalue weighted by atomic mass is 16.2. The number of aliphatic imine (C=N–C) groups is 1. The highest BCUT2D eigenvalue weighted by molar-refractivity contribution is 6.28. The lowest BCUT2D eigenvalue weighted by molar-refractivity contribution is -0.120. The molecule has 1 aliphatic heterocycles. The van der Waals surface area contributed by atoms with Crippen molar-refractivity contribution in [3.8, 4) is 0 Å². The van der Waals surface area contributed by atoms with Gasteiger partial charge in [-0.05, 0) is 24.6 Å². The number of carbonyl (C=O) groups excluding carboxylic acids is 3. The molecule has 0 aromatic heterocycles. The Bertz CT molecular complexity index is 1440. The van der Waals surface area contributed by atoms with Crippen LogP contribution in [0.2, 0.25) is 0 Å². The molecule has 1 aliphatic rings. The van der Waals surface area contributed by atoms with Crippen molar-refractivity contribution in [2.24, 2.45) is 4.99 Å². The molecule has 2 amide bonds. The third kappa shape index (κ3) is 4.18. The van der Waals surface area contributed by atoms with Crippen molar-refractivity contribution in [3.63, 3.8) is 0 Å². The first-order valence-electron chi connectivity index (χ1n) is 11.9. The second kappa shape index (κ2) is 9.96. The van der Waals surface area contributed by atoms with E-state index in [4.69, 9.17) is 4.99 Å². The summed E-state index contributed by atoms with van der Waals surface area (Å²) < 4.78 is 0. The van der Waals surface area contributed by atoms with Crippen LogP contribution in [0.5, 0.6) is 0 Å². The molecular weight excluding hydrogens is 450 g/mol. The minimum Gasteiger partial charge on any atom is -0.359 e. The lowest BCUT2D eigenvalue weighted by Gasteiger charge is -2.24. The Morgan fingerprint density at radius 1 is 0.917 bits per heavy atom. The summed E-state index contributed by atoms with van der Waals surface area (Å²) in [6.07, 6.45) is 1.15. The zero-order chi connectivity index (χ0) is 25.1. The molecule has 1 N–H and O–H groups in total. The van der Waals surface area contributed by atoms with Gasteiger partial charge in [-0.1, -0.05) is 72.8 Å². The molecule has 0 bridgehead atoms. The van der Waals surface area contributed by atoms with Gasteiger partial charge in [0.05, 0.1) is 28.7 Å². The van der Waals surface area contributed by atoms with E-state index < -0.39 is 6.04 Å². The lowest BCUT2D eigenvalue weighted by atomic mass is 10.0. The van der Waals surface area contributed by atoms with Crippen LogP contribution < -0.4 is 10.2 Å². The van der Waals surface area contributed by atoms with Gasteiger partial charge in [0.25, 0.3) is 5.91 Å². The van der Waals surface area contributed by atoms with E-state index in [-0.39, 0.29) is 24.7 Å². The van der Waals surface area contributed by atoms with Gasteiger partial charge in [0, 0.05) is 35.4 Å². The second-order valence-electron chi connectivity index (χ2n) is 8.61. The fraction of sp³-hybridized carbons (Fsp3) is 0.133. The van der Waals surface area contributed by atoms with Crippen LogP contribution in [-0.4, -0.2) is 36.9 Å². The normalized spacial score (nSPS) is 12.9. The van der Waals surface area contributed by atoms with Gasteiger partial charge in [-0.2, -0.15) is 0 Å². The summed E-state index contributed by atoms with van der Waals surface area (Å²) in [7, 11) is 1.55. The van der Waals surface area contributed by atoms with Gasteiger partial charge in [0.2, 0.25) is 5.91 Å². The van der Waals surface area contributed by atoms with Crippen LogP contribution in [0.4, 0.5) is 11.4 Å². The molecule has 6 nitrogen and oxygen atoms in total. The van der Waals surface area contributed by atoms with Crippen molar-refractivity contribution in [2.75, 3.05) is 11.9 Å². The highest BCUT2D eigenvalue weighted by Crippen LogP contribution is 2.42. The monoisotopic (exact) mass is 475 g/mol. The van der Waals surface area contributed by atoms with E-state index >= 15 is 0 Å². The van der Waals surface area contributed by atoms with E-state index in [9.17, 15) is 14.4 Å². The smallest absolute Gasteiger partial charge is 0.259 e. The molecule has 4 aromatic rings. The van der Waals surface area contributed by atoms with Crippen molar-refractivity contribution in [3.05, 3.63) is 108 Å². The van der Waals surface area contributed by atoms with Crippen LogP contribution in [0.15, 0.2) is 96.0 Å². The van der Waals surface area contributed by atoms with E-state index in [1.165, 1.54) is 4.90 Å². The molecule has 5 rings (SSSR count). The Morgan fingerprint density at radius 2 is 1.58 bits per heavy atom. The summed E-state index contributed by atoms with van der Waals surface area (Å²) in [6.45, 7) is 0. The van der Waals surface area contributed by atoms with Crippen molar-refractivity contribution in [2.45, 2.75) is 18.9 Å². The third-order valence-corrected chi connectivity index (χ3v) is 6.47. The van der Waals surface area contributed by atoms with Crippen LogP contribution in [-0.2, 0) is 9.59 Å². The first-order valence-corrected chi connectivity index (χ1v) is 11.9. The molecule has 0 aliphatic carbocycles. The van der Waals surface area contributed by atoms with Gasteiger partial charge in [-0.15, -0.1) is 0 Å². The molecule has 1 heterocycles. The maximum Gasteiger partial charge on any atom is 0.259 e. The van der Waals surface area contributed by atoms with Crippen molar-refractivity contribution >= 4 is 46.0 Å². The number of hydrogen-bond donors (Lipinski definition) is 1. The lowest BCUT2D eigenvalue weighted by Crippen LogP contribution is -2.39. The first kappa shape index (κ1) is 23.2. The minimum atomic E-state index is -0.732. The van der Waals surface area contributed by atoms with Crippen LogP contribution in [0.3, 0.4) is 0 Å². The zero-order valence-corrected chi connectivity index (χ0v) is 19.8. The van der Waals surface area contributed by atoms with E-state index in [1.54, 1.807) is 13.1 Å². The van der Waals surface area contributed by atoms with Crippen molar-refractivity contribution in [1.29, 1.82) is 0 Å². The van der Waals surface area contributed by atoms with Crippen LogP contribution in [0.25, 0.3) is 10.8 Å². The summed E-state index contributed by atoms with van der Waals surface area (Å²) in [5.74, 6) is -0.410. The predicted octanol–water partition coefficient (Wildman–Crippen LogP) is 5.06. The molecule has 0 saturated carbocycles. The molecule has 1 unspecified atom stereocenters. The molecule has 36 heavy (non-hydrogen) atoms. The molecular formula is C30H25N3O3. The molecule has 0 spiro atoms. The molecule has 0 fully saturated rings. The maximum atomic E-state index is 13.4. The molecule has 178 valence electrons. The van der Waals surface area contributed by atoms with E-state index in [1.807, 2.05) is 84.9 Å². The molecule has 0 saturated heterocycles. The second-order valence-corrected chi connectivity index (χ2v) is 8.61. The van der Waals surface area contributed by atoms with E-state index in [2.05, 4.69) is 5.32 Å². The number of benzene rings is 4. The zero-order valence-electron chi connectivity index (χ0n) is 19.8. The number of hydrogen-bond acceptors (Lipinski definition) is 4. The summed E-state index contributed by atoms with van der Waals surface area (Å²) in [4.78, 5) is 43.8. The molecule has 0 radical (unpaired) electrons. The van der Waals surface area contributed by atoms with Gasteiger partial charge in [0.1, 0.15) is 6.29 Å². The average molecular weight is 476 g/mol. The topological polar surface area (TPSA) is 78.8 Å². The molecule has 6 heteroatoms. The summed E-state index contributed by atoms with van der Waals surface area (Å²) >= 11 is 0. The largest absolute Gasteiger partial charge is 0.359 e. The number of rotatable bonds is 8. The quantitative estimate of drug-likeness (QED) is 0.286. The van der Waals surface area contributed by atoms with Gasteiger partial charge in [-0.25, -0.2) is 4.99 Å². The van der Waals surface area contributed by atoms with Crippen molar-refractivity contribution in [1.82, 2.24) is 5.32 Å². The van der Waals surface area contributed by atoms with Crippen LogP contribution >= 0.6 is 0 Å². The van der Waals surface area contributed by atoms with Crippen LogP contribution in [0, 0.1) is 0 Å². The number of aldehydes is 1. The number of amides is 2. The Hall–Kier alpha value is -4.58. The fourth-order valence-electron chi connectivity index (χ4n) is 4.69. The third-order valence-electron chi connectivity index (χ3n) is 6.47. The molecule has 4 aromatic carbocycles. The Labute approximate surface area is 209 Å². The van der Waals surface area contributed by atoms with Crippen molar-refractivity contribution < 1.29 is 14.4 Å². The van der Waals surface area contributed by atoms with Gasteiger partial charge < -0.3 is 10.1 Å². The SMILES string of the molecule is CNC(=O)CCC(C=O)N1C(=O)c2ccc(N=C(c3ccccc3)c3ccccc3)c3cccc1c23. The van der Waals surface area contributed by atoms with E-state index in [0.29, 0.717) is 11.3 Å². The number of nitrogens with zero attached hydrogens (tertiary/aromatic N) is 2. The Balaban J connectivity index is 1.63. The number of anilines is 1. The first-order chi connectivity index (χ1) is 17.6. The van der Waals surface area contributed by atoms with Crippen LogP contribution in [0.1, 0.15) is 34.3 Å².